The first-order chi connectivity index (χ1) is 6.57. The second kappa shape index (κ2) is 3.08. The summed E-state index contributed by atoms with van der Waals surface area (Å²) in [4.78, 5) is 0. The Kier molecular flexibility index (Phi) is 2.02. The van der Waals surface area contributed by atoms with Crippen LogP contribution in [0.2, 0.25) is 0 Å². The Bertz CT molecular complexity index is 335. The van der Waals surface area contributed by atoms with E-state index in [0.29, 0.717) is 11.4 Å². The molecular formula is C9H9F3N2. The average Bonchev–Trinajstić information content (AvgIpc) is 2.16. The van der Waals surface area contributed by atoms with Gasteiger partial charge in [0.25, 0.3) is 0 Å². The highest BCUT2D eigenvalue weighted by molar-refractivity contribution is 5.71. The molecule has 76 valence electrons. The Labute approximate surface area is 79.1 Å². The van der Waals surface area contributed by atoms with Crippen molar-refractivity contribution in [3.05, 3.63) is 24.3 Å². The van der Waals surface area contributed by atoms with Crippen LogP contribution in [0.4, 0.5) is 24.5 Å². The normalized spacial score (nSPS) is 20.6. The molecule has 0 saturated heterocycles. The molecule has 1 aliphatic heterocycles. The summed E-state index contributed by atoms with van der Waals surface area (Å²) < 4.78 is 37.0. The number of alkyl halides is 3. The van der Waals surface area contributed by atoms with E-state index in [1.165, 1.54) is 0 Å². The summed E-state index contributed by atoms with van der Waals surface area (Å²) in [7, 11) is 0. The molecular weight excluding hydrogens is 193 g/mol. The van der Waals surface area contributed by atoms with Crippen molar-refractivity contribution < 1.29 is 13.2 Å². The van der Waals surface area contributed by atoms with Crippen molar-refractivity contribution in [2.24, 2.45) is 0 Å². The molecule has 1 aliphatic rings. The molecule has 1 aromatic rings. The number of fused-ring (bicyclic) bond motifs is 1. The van der Waals surface area contributed by atoms with Crippen molar-refractivity contribution in [3.63, 3.8) is 0 Å². The van der Waals surface area contributed by atoms with Crippen LogP contribution in [0, 0.1) is 0 Å². The van der Waals surface area contributed by atoms with Gasteiger partial charge in [-0.05, 0) is 12.1 Å². The quantitative estimate of drug-likeness (QED) is 0.675. The third kappa shape index (κ3) is 1.62. The fourth-order valence-electron chi connectivity index (χ4n) is 1.41. The van der Waals surface area contributed by atoms with Gasteiger partial charge in [0.1, 0.15) is 6.04 Å². The lowest BCUT2D eigenvalue weighted by molar-refractivity contribution is -0.139. The molecule has 2 nitrogen and oxygen atoms in total. The second-order valence-corrected chi connectivity index (χ2v) is 3.17. The minimum atomic E-state index is -4.21. The molecule has 0 aliphatic carbocycles. The van der Waals surface area contributed by atoms with Crippen LogP contribution in [0.15, 0.2) is 24.3 Å². The summed E-state index contributed by atoms with van der Waals surface area (Å²) in [5.41, 5.74) is 1.22. The number of hydrogen-bond donors (Lipinski definition) is 2. The molecule has 14 heavy (non-hydrogen) atoms. The maximum Gasteiger partial charge on any atom is 0.410 e. The van der Waals surface area contributed by atoms with Crippen molar-refractivity contribution in [1.82, 2.24) is 0 Å². The average molecular weight is 202 g/mol. The van der Waals surface area contributed by atoms with Gasteiger partial charge < -0.3 is 10.6 Å². The topological polar surface area (TPSA) is 24.1 Å². The fourth-order valence-corrected chi connectivity index (χ4v) is 1.41. The molecule has 2 N–H and O–H groups in total. The Morgan fingerprint density at radius 3 is 2.43 bits per heavy atom. The first-order valence-electron chi connectivity index (χ1n) is 4.23. The summed E-state index contributed by atoms with van der Waals surface area (Å²) in [6.07, 6.45) is -4.21. The molecule has 0 spiro atoms. The Hall–Kier alpha value is -1.39. The molecule has 1 unspecified atom stereocenters. The van der Waals surface area contributed by atoms with Gasteiger partial charge in [0.2, 0.25) is 0 Å². The predicted octanol–water partition coefficient (Wildman–Crippen LogP) is 2.45. The van der Waals surface area contributed by atoms with Gasteiger partial charge in [0.15, 0.2) is 0 Å². The number of para-hydroxylation sites is 2. The van der Waals surface area contributed by atoms with Gasteiger partial charge in [0, 0.05) is 6.54 Å². The Morgan fingerprint density at radius 2 is 1.79 bits per heavy atom. The first kappa shape index (κ1) is 9.18. The van der Waals surface area contributed by atoms with Crippen LogP contribution < -0.4 is 10.6 Å². The van der Waals surface area contributed by atoms with E-state index >= 15 is 0 Å². The molecule has 1 heterocycles. The highest BCUT2D eigenvalue weighted by Gasteiger charge is 2.41. The minimum Gasteiger partial charge on any atom is -0.381 e. The standard InChI is InChI=1S/C9H9F3N2/c10-9(11,12)8-5-13-6-3-1-2-4-7(6)14-8/h1-4,8,13-14H,5H2. The van der Waals surface area contributed by atoms with Crippen molar-refractivity contribution >= 4 is 11.4 Å². The maximum atomic E-state index is 12.3. The van der Waals surface area contributed by atoms with Gasteiger partial charge in [-0.25, -0.2) is 0 Å². The summed E-state index contributed by atoms with van der Waals surface area (Å²) >= 11 is 0. The lowest BCUT2D eigenvalue weighted by atomic mass is 10.1. The third-order valence-corrected chi connectivity index (χ3v) is 2.15. The van der Waals surface area contributed by atoms with Gasteiger partial charge in [0.05, 0.1) is 11.4 Å². The van der Waals surface area contributed by atoms with Crippen LogP contribution in [0.5, 0.6) is 0 Å². The van der Waals surface area contributed by atoms with Crippen LogP contribution in [0.3, 0.4) is 0 Å². The lowest BCUT2D eigenvalue weighted by Gasteiger charge is -2.29. The van der Waals surface area contributed by atoms with E-state index < -0.39 is 12.2 Å². The zero-order valence-electron chi connectivity index (χ0n) is 7.23. The highest BCUT2D eigenvalue weighted by atomic mass is 19.4. The number of rotatable bonds is 0. The number of nitrogens with one attached hydrogen (secondary N) is 2. The van der Waals surface area contributed by atoms with E-state index in [1.807, 2.05) is 0 Å². The summed E-state index contributed by atoms with van der Waals surface area (Å²) in [6, 6.07) is 5.35. The van der Waals surface area contributed by atoms with Crippen LogP contribution >= 0.6 is 0 Å². The third-order valence-electron chi connectivity index (χ3n) is 2.15. The van der Waals surface area contributed by atoms with E-state index in [0.717, 1.165) is 0 Å². The monoisotopic (exact) mass is 202 g/mol. The van der Waals surface area contributed by atoms with Crippen LogP contribution in [-0.2, 0) is 0 Å². The van der Waals surface area contributed by atoms with Crippen LogP contribution in [-0.4, -0.2) is 18.8 Å². The van der Waals surface area contributed by atoms with Crippen molar-refractivity contribution in [2.75, 3.05) is 17.2 Å². The number of benzene rings is 1. The van der Waals surface area contributed by atoms with Gasteiger partial charge in [-0.15, -0.1) is 0 Å². The number of hydrogen-bond acceptors (Lipinski definition) is 2. The second-order valence-electron chi connectivity index (χ2n) is 3.17. The van der Waals surface area contributed by atoms with Gasteiger partial charge >= 0.3 is 6.18 Å². The Balaban J connectivity index is 2.22. The number of halogens is 3. The van der Waals surface area contributed by atoms with Crippen LogP contribution in [0.1, 0.15) is 0 Å². The van der Waals surface area contributed by atoms with Crippen molar-refractivity contribution in [2.45, 2.75) is 12.2 Å². The summed E-state index contributed by atoms with van der Waals surface area (Å²) in [5.74, 6) is 0. The predicted molar refractivity (Wildman–Crippen MR) is 48.4 cm³/mol. The molecule has 0 fully saturated rings. The molecule has 0 amide bonds. The van der Waals surface area contributed by atoms with Gasteiger partial charge in [-0.1, -0.05) is 12.1 Å². The zero-order valence-corrected chi connectivity index (χ0v) is 7.23. The molecule has 2 rings (SSSR count). The maximum absolute atomic E-state index is 12.3. The van der Waals surface area contributed by atoms with E-state index in [1.54, 1.807) is 24.3 Å². The first-order valence-corrected chi connectivity index (χ1v) is 4.23. The van der Waals surface area contributed by atoms with Crippen molar-refractivity contribution in [3.8, 4) is 0 Å². The fraction of sp³-hybridized carbons (Fsp3) is 0.333. The van der Waals surface area contributed by atoms with Crippen molar-refractivity contribution in [1.29, 1.82) is 0 Å². The van der Waals surface area contributed by atoms with E-state index in [-0.39, 0.29) is 6.54 Å². The summed E-state index contributed by atoms with van der Waals surface area (Å²) in [5, 5.41) is 5.19. The molecule has 0 radical (unpaired) electrons. The smallest absolute Gasteiger partial charge is 0.381 e. The van der Waals surface area contributed by atoms with E-state index in [9.17, 15) is 13.2 Å². The number of anilines is 2. The molecule has 1 aromatic carbocycles. The van der Waals surface area contributed by atoms with Gasteiger partial charge in [-0.3, -0.25) is 0 Å². The molecule has 0 aromatic heterocycles. The van der Waals surface area contributed by atoms with E-state index in [4.69, 9.17) is 0 Å². The summed E-state index contributed by atoms with van der Waals surface area (Å²) in [6.45, 7) is -0.124. The van der Waals surface area contributed by atoms with E-state index in [2.05, 4.69) is 10.6 Å². The molecule has 5 heteroatoms. The largest absolute Gasteiger partial charge is 0.410 e. The molecule has 0 saturated carbocycles. The zero-order chi connectivity index (χ0) is 10.2. The van der Waals surface area contributed by atoms with Crippen LogP contribution in [0.25, 0.3) is 0 Å². The lowest BCUT2D eigenvalue weighted by Crippen LogP contribution is -2.44. The highest BCUT2D eigenvalue weighted by Crippen LogP contribution is 2.31. The minimum absolute atomic E-state index is 0.124. The van der Waals surface area contributed by atoms with Gasteiger partial charge in [-0.2, -0.15) is 13.2 Å². The SMILES string of the molecule is FC(F)(F)C1CNc2ccccc2N1. The molecule has 1 atom stereocenters. The Morgan fingerprint density at radius 1 is 1.14 bits per heavy atom. The molecule has 0 bridgehead atoms.